The van der Waals surface area contributed by atoms with Gasteiger partial charge in [-0.1, -0.05) is 26.8 Å². The second-order valence-corrected chi connectivity index (χ2v) is 11.5. The second kappa shape index (κ2) is 9.91. The van der Waals surface area contributed by atoms with Gasteiger partial charge in [-0.05, 0) is 55.9 Å². The highest BCUT2D eigenvalue weighted by Gasteiger charge is 2.35. The first kappa shape index (κ1) is 25.3. The largest absolute Gasteiger partial charge is 0.485 e. The summed E-state index contributed by atoms with van der Waals surface area (Å²) in [5.74, 6) is 0.381. The third-order valence-electron chi connectivity index (χ3n) is 4.89. The number of likely N-dealkylation sites (N-methyl/N-ethyl adjacent to an activating group) is 1. The minimum atomic E-state index is -4.01. The van der Waals surface area contributed by atoms with Crippen molar-refractivity contribution in [3.63, 3.8) is 0 Å². The number of carbonyl (C=O) groups is 1. The van der Waals surface area contributed by atoms with Gasteiger partial charge in [0.25, 0.3) is 10.0 Å². The number of fused-ring (bicyclic) bond motifs is 1. The number of hydrogen-bond acceptors (Lipinski definition) is 7. The van der Waals surface area contributed by atoms with Crippen molar-refractivity contribution in [2.24, 2.45) is 5.41 Å². The lowest BCUT2D eigenvalue weighted by Crippen LogP contribution is -2.47. The van der Waals surface area contributed by atoms with Crippen LogP contribution in [0.15, 0.2) is 47.4 Å². The number of sulfonamides is 1. The summed E-state index contributed by atoms with van der Waals surface area (Å²) in [6, 6.07) is 12.7. The van der Waals surface area contributed by atoms with Gasteiger partial charge >= 0.3 is 6.09 Å². The number of nitrogens with zero attached hydrogens (tertiary/aromatic N) is 3. The van der Waals surface area contributed by atoms with Crippen LogP contribution in [0.2, 0.25) is 0 Å². The minimum Gasteiger partial charge on any atom is -0.485 e. The fraction of sp³-hybridized carbons (Fsp3) is 0.417. The van der Waals surface area contributed by atoms with E-state index in [1.54, 1.807) is 24.3 Å². The van der Waals surface area contributed by atoms with Gasteiger partial charge < -0.3 is 14.4 Å². The highest BCUT2D eigenvalue weighted by atomic mass is 32.2. The molecular formula is C24H30N4O5S. The standard InChI is InChI=1S/C24H30N4O5S/c1-24(2,3)16-32-23(29)26-18-9-10-22-21(12-18)28(15-19(33-22)14-27(4)5)34(30,31)20-8-6-7-17(11-20)13-25/h6-12,19H,14-16H2,1-5H3,(H,26,29)/t19-/m0/s1. The molecular weight excluding hydrogens is 456 g/mol. The van der Waals surface area contributed by atoms with Gasteiger partial charge in [0.2, 0.25) is 0 Å². The van der Waals surface area contributed by atoms with Crippen molar-refractivity contribution in [2.75, 3.05) is 43.4 Å². The van der Waals surface area contributed by atoms with E-state index in [4.69, 9.17) is 9.47 Å². The van der Waals surface area contributed by atoms with Crippen LogP contribution < -0.4 is 14.4 Å². The van der Waals surface area contributed by atoms with E-state index in [1.165, 1.54) is 22.5 Å². The van der Waals surface area contributed by atoms with Crippen molar-refractivity contribution >= 4 is 27.5 Å². The molecule has 1 N–H and O–H groups in total. The fourth-order valence-electron chi connectivity index (χ4n) is 3.41. The molecule has 1 amide bonds. The van der Waals surface area contributed by atoms with E-state index in [2.05, 4.69) is 5.32 Å². The molecule has 10 heteroatoms. The van der Waals surface area contributed by atoms with Crippen LogP contribution in [0.4, 0.5) is 16.2 Å². The average molecular weight is 487 g/mol. The summed E-state index contributed by atoms with van der Waals surface area (Å²) >= 11 is 0. The molecule has 2 aromatic carbocycles. The fourth-order valence-corrected chi connectivity index (χ4v) is 4.95. The number of ether oxygens (including phenoxy) is 2. The van der Waals surface area contributed by atoms with Gasteiger partial charge in [0.05, 0.1) is 35.4 Å². The maximum Gasteiger partial charge on any atom is 0.411 e. The number of hydrogen-bond donors (Lipinski definition) is 1. The van der Waals surface area contributed by atoms with E-state index >= 15 is 0 Å². The molecule has 34 heavy (non-hydrogen) atoms. The highest BCUT2D eigenvalue weighted by Crippen LogP contribution is 2.39. The molecule has 1 heterocycles. The molecule has 0 saturated heterocycles. The maximum absolute atomic E-state index is 13.6. The molecule has 0 radical (unpaired) electrons. The number of anilines is 2. The lowest BCUT2D eigenvalue weighted by atomic mass is 9.99. The molecule has 1 atom stereocenters. The Hall–Kier alpha value is -3.29. The lowest BCUT2D eigenvalue weighted by molar-refractivity contribution is 0.118. The smallest absolute Gasteiger partial charge is 0.411 e. The van der Waals surface area contributed by atoms with Crippen LogP contribution in [-0.2, 0) is 14.8 Å². The summed E-state index contributed by atoms with van der Waals surface area (Å²) in [6.45, 7) is 6.65. The molecule has 0 spiro atoms. The molecule has 2 aromatic rings. The number of rotatable bonds is 6. The Balaban J connectivity index is 1.97. The van der Waals surface area contributed by atoms with Gasteiger partial charge in [-0.15, -0.1) is 0 Å². The molecule has 0 aromatic heterocycles. The molecule has 0 aliphatic carbocycles. The van der Waals surface area contributed by atoms with Crippen molar-refractivity contribution < 1.29 is 22.7 Å². The zero-order valence-corrected chi connectivity index (χ0v) is 20.8. The molecule has 0 bridgehead atoms. The third kappa shape index (κ3) is 6.18. The Morgan fingerprint density at radius 1 is 1.26 bits per heavy atom. The Morgan fingerprint density at radius 2 is 2.00 bits per heavy atom. The van der Waals surface area contributed by atoms with Crippen LogP contribution in [0.1, 0.15) is 26.3 Å². The zero-order valence-electron chi connectivity index (χ0n) is 20.0. The van der Waals surface area contributed by atoms with E-state index in [0.29, 0.717) is 23.7 Å². The van der Waals surface area contributed by atoms with Gasteiger partial charge in [-0.3, -0.25) is 9.62 Å². The lowest BCUT2D eigenvalue weighted by Gasteiger charge is -2.36. The van der Waals surface area contributed by atoms with Gasteiger partial charge in [0.1, 0.15) is 11.9 Å². The van der Waals surface area contributed by atoms with Crippen LogP contribution in [0.5, 0.6) is 5.75 Å². The first-order valence-corrected chi connectivity index (χ1v) is 12.3. The predicted molar refractivity (Wildman–Crippen MR) is 130 cm³/mol. The number of nitrogens with one attached hydrogen (secondary N) is 1. The first-order valence-electron chi connectivity index (χ1n) is 10.8. The Labute approximate surface area is 200 Å². The number of carbonyl (C=O) groups excluding carboxylic acids is 1. The summed E-state index contributed by atoms with van der Waals surface area (Å²) in [4.78, 5) is 14.2. The maximum atomic E-state index is 13.6. The molecule has 3 rings (SSSR count). The average Bonchev–Trinajstić information content (AvgIpc) is 2.76. The van der Waals surface area contributed by atoms with Gasteiger partial charge in [-0.2, -0.15) is 5.26 Å². The van der Waals surface area contributed by atoms with Gasteiger partial charge in [-0.25, -0.2) is 13.2 Å². The topological polar surface area (TPSA) is 112 Å². The summed E-state index contributed by atoms with van der Waals surface area (Å²) in [6.07, 6.45) is -1.04. The molecule has 0 fully saturated rings. The highest BCUT2D eigenvalue weighted by molar-refractivity contribution is 7.92. The van der Waals surface area contributed by atoms with E-state index < -0.39 is 22.2 Å². The van der Waals surface area contributed by atoms with Crippen LogP contribution in [0.3, 0.4) is 0 Å². The normalized spacial score (nSPS) is 15.8. The molecule has 1 aliphatic heterocycles. The van der Waals surface area contributed by atoms with E-state index in [9.17, 15) is 18.5 Å². The summed E-state index contributed by atoms with van der Waals surface area (Å²) in [7, 11) is -0.253. The summed E-state index contributed by atoms with van der Waals surface area (Å²) in [5, 5.41) is 11.9. The van der Waals surface area contributed by atoms with E-state index in [0.717, 1.165) is 0 Å². The summed E-state index contributed by atoms with van der Waals surface area (Å²) < 4.78 is 39.8. The minimum absolute atomic E-state index is 0.00551. The van der Waals surface area contributed by atoms with E-state index in [-0.39, 0.29) is 29.0 Å². The zero-order chi connectivity index (χ0) is 25.1. The Kier molecular flexibility index (Phi) is 7.38. The number of amides is 1. The molecule has 9 nitrogen and oxygen atoms in total. The van der Waals surface area contributed by atoms with Crippen molar-refractivity contribution in [3.05, 3.63) is 48.0 Å². The third-order valence-corrected chi connectivity index (χ3v) is 6.67. The molecule has 0 saturated carbocycles. The van der Waals surface area contributed by atoms with Crippen LogP contribution in [0, 0.1) is 16.7 Å². The van der Waals surface area contributed by atoms with Crippen LogP contribution >= 0.6 is 0 Å². The van der Waals surface area contributed by atoms with Crippen molar-refractivity contribution in [2.45, 2.75) is 31.8 Å². The van der Waals surface area contributed by atoms with Crippen LogP contribution in [0.25, 0.3) is 0 Å². The van der Waals surface area contributed by atoms with Gasteiger partial charge in [0.15, 0.2) is 0 Å². The number of nitriles is 1. The van der Waals surface area contributed by atoms with Crippen LogP contribution in [-0.4, -0.2) is 59.3 Å². The SMILES string of the molecule is CN(C)C[C@H]1CN(S(=O)(=O)c2cccc(C#N)c2)c2cc(NC(=O)OCC(C)(C)C)ccc2O1. The van der Waals surface area contributed by atoms with Crippen molar-refractivity contribution in [1.29, 1.82) is 5.26 Å². The Bertz CT molecular complexity index is 1200. The molecule has 0 unspecified atom stereocenters. The molecule has 182 valence electrons. The second-order valence-electron chi connectivity index (χ2n) is 9.62. The molecule has 1 aliphatic rings. The first-order chi connectivity index (χ1) is 15.9. The van der Waals surface area contributed by atoms with E-state index in [1.807, 2.05) is 45.8 Å². The summed E-state index contributed by atoms with van der Waals surface area (Å²) in [5.41, 5.74) is 0.728. The van der Waals surface area contributed by atoms with Crippen molar-refractivity contribution in [1.82, 2.24) is 4.90 Å². The number of benzene rings is 2. The quantitative estimate of drug-likeness (QED) is 0.663. The van der Waals surface area contributed by atoms with Crippen molar-refractivity contribution in [3.8, 4) is 11.8 Å². The van der Waals surface area contributed by atoms with Gasteiger partial charge in [0, 0.05) is 12.2 Å². The monoisotopic (exact) mass is 486 g/mol. The predicted octanol–water partition coefficient (Wildman–Crippen LogP) is 3.67. The Morgan fingerprint density at radius 3 is 2.65 bits per heavy atom.